The van der Waals surface area contributed by atoms with Crippen LogP contribution >= 0.6 is 11.5 Å². The minimum absolute atomic E-state index is 0.0282. The van der Waals surface area contributed by atoms with Gasteiger partial charge in [-0.25, -0.2) is 4.37 Å². The number of carbonyl (C=O) groups is 2. The highest BCUT2D eigenvalue weighted by Crippen LogP contribution is 2.31. The summed E-state index contributed by atoms with van der Waals surface area (Å²) in [6.45, 7) is 1.37. The molecule has 1 aliphatic carbocycles. The predicted molar refractivity (Wildman–Crippen MR) is 112 cm³/mol. The van der Waals surface area contributed by atoms with Crippen molar-refractivity contribution in [1.82, 2.24) is 19.6 Å². The second-order valence-electron chi connectivity index (χ2n) is 8.22. The first-order valence-corrected chi connectivity index (χ1v) is 11.4. The zero-order chi connectivity index (χ0) is 20.1. The Balaban J connectivity index is 1.47. The number of carbonyl (C=O) groups excluding carboxylic acids is 2. The molecule has 2 fully saturated rings. The van der Waals surface area contributed by atoms with Crippen LogP contribution in [0, 0.1) is 11.8 Å². The van der Waals surface area contributed by atoms with E-state index in [-0.39, 0.29) is 23.8 Å². The predicted octanol–water partition coefficient (Wildman–Crippen LogP) is 3.83. The summed E-state index contributed by atoms with van der Waals surface area (Å²) in [5, 5.41) is 5.07. The molecule has 1 saturated heterocycles. The third-order valence-electron chi connectivity index (χ3n) is 6.17. The molecule has 2 aromatic rings. The molecule has 2 aliphatic rings. The van der Waals surface area contributed by atoms with Gasteiger partial charge < -0.3 is 10.2 Å². The summed E-state index contributed by atoms with van der Waals surface area (Å²) in [6, 6.07) is 5.66. The van der Waals surface area contributed by atoms with Crippen LogP contribution in [-0.2, 0) is 4.79 Å². The largest absolute Gasteiger partial charge is 0.347 e. The van der Waals surface area contributed by atoms with Gasteiger partial charge in [0, 0.05) is 37.0 Å². The van der Waals surface area contributed by atoms with E-state index in [0.29, 0.717) is 24.4 Å². The van der Waals surface area contributed by atoms with Gasteiger partial charge in [-0.3, -0.25) is 14.6 Å². The number of nitrogens with zero attached hydrogens (tertiary/aromatic N) is 3. The van der Waals surface area contributed by atoms with Gasteiger partial charge in [0.1, 0.15) is 0 Å². The van der Waals surface area contributed by atoms with Gasteiger partial charge in [0.15, 0.2) is 0 Å². The zero-order valence-corrected chi connectivity index (χ0v) is 17.4. The van der Waals surface area contributed by atoms with E-state index < -0.39 is 0 Å². The van der Waals surface area contributed by atoms with Gasteiger partial charge in [0.25, 0.3) is 5.91 Å². The van der Waals surface area contributed by atoms with Crippen molar-refractivity contribution < 1.29 is 9.59 Å². The molecule has 1 N–H and O–H groups in total. The normalized spacial score (nSPS) is 21.1. The fraction of sp³-hybridized carbons (Fsp3) is 0.545. The lowest BCUT2D eigenvalue weighted by Crippen LogP contribution is -2.45. The number of aromatic nitrogens is 2. The van der Waals surface area contributed by atoms with Crippen molar-refractivity contribution in [2.45, 2.75) is 51.0 Å². The molecule has 0 bridgehead atoms. The Kier molecular flexibility index (Phi) is 6.54. The van der Waals surface area contributed by atoms with Crippen LogP contribution in [0.5, 0.6) is 0 Å². The highest BCUT2D eigenvalue weighted by molar-refractivity contribution is 7.03. The molecule has 2 atom stereocenters. The van der Waals surface area contributed by atoms with Crippen molar-refractivity contribution in [3.8, 4) is 0 Å². The lowest BCUT2D eigenvalue weighted by atomic mass is 9.87. The molecule has 2 aromatic heterocycles. The maximum atomic E-state index is 12.8. The number of pyridine rings is 1. The van der Waals surface area contributed by atoms with Crippen LogP contribution in [-0.4, -0.2) is 39.2 Å². The quantitative estimate of drug-likeness (QED) is 0.782. The van der Waals surface area contributed by atoms with Crippen LogP contribution in [0.15, 0.2) is 36.0 Å². The molecule has 0 spiro atoms. The smallest absolute Gasteiger partial charge is 0.256 e. The Labute approximate surface area is 175 Å². The van der Waals surface area contributed by atoms with Gasteiger partial charge >= 0.3 is 0 Å². The Bertz CT molecular complexity index is 805. The van der Waals surface area contributed by atoms with Crippen molar-refractivity contribution in [1.29, 1.82) is 0 Å². The molecule has 29 heavy (non-hydrogen) atoms. The average Bonchev–Trinajstić information content (AvgIpc) is 3.47. The first-order valence-electron chi connectivity index (χ1n) is 10.6. The van der Waals surface area contributed by atoms with E-state index in [1.807, 2.05) is 23.1 Å². The van der Waals surface area contributed by atoms with Crippen LogP contribution in [0.3, 0.4) is 0 Å². The minimum atomic E-state index is -0.165. The fourth-order valence-electron chi connectivity index (χ4n) is 4.66. The number of amides is 2. The first-order chi connectivity index (χ1) is 14.2. The van der Waals surface area contributed by atoms with Gasteiger partial charge in [0.2, 0.25) is 5.91 Å². The molecule has 6 nitrogen and oxygen atoms in total. The third-order valence-corrected chi connectivity index (χ3v) is 6.75. The van der Waals surface area contributed by atoms with Crippen molar-refractivity contribution in [2.24, 2.45) is 11.8 Å². The molecule has 3 heterocycles. The number of hydrogen-bond acceptors (Lipinski definition) is 5. The van der Waals surface area contributed by atoms with Crippen molar-refractivity contribution in [3.05, 3.63) is 47.2 Å². The molecule has 0 radical (unpaired) electrons. The number of nitrogens with one attached hydrogen (secondary N) is 1. The molecule has 2 amide bonds. The van der Waals surface area contributed by atoms with Gasteiger partial charge in [-0.1, -0.05) is 18.9 Å². The van der Waals surface area contributed by atoms with Gasteiger partial charge in [-0.2, -0.15) is 0 Å². The van der Waals surface area contributed by atoms with Gasteiger partial charge in [0.05, 0.1) is 23.5 Å². The van der Waals surface area contributed by atoms with Crippen molar-refractivity contribution >= 4 is 23.3 Å². The van der Waals surface area contributed by atoms with Crippen LogP contribution in [0.25, 0.3) is 0 Å². The van der Waals surface area contributed by atoms with Crippen LogP contribution in [0.4, 0.5) is 0 Å². The van der Waals surface area contributed by atoms with Gasteiger partial charge in [-0.15, -0.1) is 0 Å². The SMILES string of the molecule is O=C(CC1CCCC1)NC(c1ccccn1)C1CCCN(C(=O)c2cnsc2)C1. The second-order valence-corrected chi connectivity index (χ2v) is 8.88. The Hall–Kier alpha value is -2.28. The molecular formula is C22H28N4O2S. The lowest BCUT2D eigenvalue weighted by Gasteiger charge is -2.37. The maximum absolute atomic E-state index is 12.8. The number of rotatable bonds is 6. The highest BCUT2D eigenvalue weighted by atomic mass is 32.1. The van der Waals surface area contributed by atoms with Crippen molar-refractivity contribution in [3.63, 3.8) is 0 Å². The Morgan fingerprint density at radius 1 is 1.21 bits per heavy atom. The van der Waals surface area contributed by atoms with Crippen LogP contribution < -0.4 is 5.32 Å². The second kappa shape index (κ2) is 9.48. The number of piperidine rings is 1. The summed E-state index contributed by atoms with van der Waals surface area (Å²) in [5.41, 5.74) is 1.53. The lowest BCUT2D eigenvalue weighted by molar-refractivity contribution is -0.123. The molecule has 1 aliphatic heterocycles. The molecule has 7 heteroatoms. The summed E-state index contributed by atoms with van der Waals surface area (Å²) in [5.74, 6) is 0.801. The summed E-state index contributed by atoms with van der Waals surface area (Å²) < 4.78 is 4.06. The topological polar surface area (TPSA) is 75.2 Å². The molecular weight excluding hydrogens is 384 g/mol. The van der Waals surface area contributed by atoms with E-state index >= 15 is 0 Å². The summed E-state index contributed by atoms with van der Waals surface area (Å²) in [4.78, 5) is 32.0. The summed E-state index contributed by atoms with van der Waals surface area (Å²) in [7, 11) is 0. The van der Waals surface area contributed by atoms with E-state index in [9.17, 15) is 9.59 Å². The first kappa shape index (κ1) is 20.0. The van der Waals surface area contributed by atoms with Crippen molar-refractivity contribution in [2.75, 3.05) is 13.1 Å². The monoisotopic (exact) mass is 412 g/mol. The Morgan fingerprint density at radius 3 is 2.79 bits per heavy atom. The average molecular weight is 413 g/mol. The van der Waals surface area contributed by atoms with Crippen LogP contribution in [0.2, 0.25) is 0 Å². The van der Waals surface area contributed by atoms with E-state index in [2.05, 4.69) is 14.7 Å². The fourth-order valence-corrected chi connectivity index (χ4v) is 5.17. The third kappa shape index (κ3) is 5.01. The van der Waals surface area contributed by atoms with Gasteiger partial charge in [-0.05, 0) is 55.3 Å². The van der Waals surface area contributed by atoms with E-state index in [1.54, 1.807) is 17.8 Å². The van der Waals surface area contributed by atoms with E-state index in [1.165, 1.54) is 24.4 Å². The molecule has 2 unspecified atom stereocenters. The summed E-state index contributed by atoms with van der Waals surface area (Å²) in [6.07, 6.45) is 10.7. The van der Waals surface area contributed by atoms with Crippen LogP contribution in [0.1, 0.15) is 67.0 Å². The van der Waals surface area contributed by atoms with E-state index in [0.717, 1.165) is 37.9 Å². The molecule has 0 aromatic carbocycles. The number of likely N-dealkylation sites (tertiary alicyclic amines) is 1. The zero-order valence-electron chi connectivity index (χ0n) is 16.6. The molecule has 154 valence electrons. The number of hydrogen-bond donors (Lipinski definition) is 1. The maximum Gasteiger partial charge on any atom is 0.256 e. The minimum Gasteiger partial charge on any atom is -0.347 e. The highest BCUT2D eigenvalue weighted by Gasteiger charge is 2.33. The summed E-state index contributed by atoms with van der Waals surface area (Å²) >= 11 is 1.29. The van der Waals surface area contributed by atoms with E-state index in [4.69, 9.17) is 0 Å². The molecule has 4 rings (SSSR count). The molecule has 1 saturated carbocycles. The standard InChI is InChI=1S/C22H28N4O2S/c27-20(12-16-6-1-2-7-16)25-21(19-9-3-4-10-23-19)17-8-5-11-26(14-17)22(28)18-13-24-29-15-18/h3-4,9-10,13,15-17,21H,1-2,5-8,11-12,14H2,(H,25,27). The Morgan fingerprint density at radius 2 is 2.07 bits per heavy atom.